The van der Waals surface area contributed by atoms with Crippen LogP contribution in [-0.2, 0) is 6.54 Å². The number of hydrogen-bond acceptors (Lipinski definition) is 7. The van der Waals surface area contributed by atoms with E-state index in [1.807, 2.05) is 66.0 Å². The molecule has 0 aliphatic carbocycles. The minimum absolute atomic E-state index is 0.0637. The van der Waals surface area contributed by atoms with Crippen molar-refractivity contribution in [3.63, 3.8) is 0 Å². The van der Waals surface area contributed by atoms with Crippen molar-refractivity contribution in [3.05, 3.63) is 102 Å². The Balaban J connectivity index is 1.31. The molecule has 1 saturated heterocycles. The fourth-order valence-electron chi connectivity index (χ4n) is 5.16. The first-order chi connectivity index (χ1) is 19.4. The summed E-state index contributed by atoms with van der Waals surface area (Å²) in [6, 6.07) is 13.3. The number of aryl methyl sites for hydroxylation is 1. The minimum atomic E-state index is -0.567. The molecular weight excluding hydrogens is 512 g/mol. The Labute approximate surface area is 232 Å². The second-order valence-electron chi connectivity index (χ2n) is 9.78. The third kappa shape index (κ3) is 5.81. The standard InChI is InChI=1S/C30H33F2N7O/c1-5-27(38-12-10-37(11-13-38)25-16-23(31)15-24(32)17-25)26-19-34-39(21(26)3)29-14-20(2)35-30(36-29)33-18-22-8-6-7-9-28(22)40-4/h5-9,14-17,19,27H,1,10-13,18H2,2-4H3,(H,33,35,36). The van der Waals surface area contributed by atoms with Crippen molar-refractivity contribution in [1.82, 2.24) is 24.6 Å². The van der Waals surface area contributed by atoms with Gasteiger partial charge in [-0.1, -0.05) is 24.3 Å². The number of piperazine rings is 1. The Bertz CT molecular complexity index is 1480. The molecule has 1 atom stereocenters. The average Bonchev–Trinajstić information content (AvgIpc) is 3.33. The smallest absolute Gasteiger partial charge is 0.225 e. The van der Waals surface area contributed by atoms with Crippen molar-refractivity contribution in [3.8, 4) is 11.6 Å². The zero-order valence-electron chi connectivity index (χ0n) is 22.9. The van der Waals surface area contributed by atoms with Gasteiger partial charge in [-0.3, -0.25) is 4.90 Å². The first-order valence-corrected chi connectivity index (χ1v) is 13.2. The van der Waals surface area contributed by atoms with E-state index >= 15 is 0 Å². The van der Waals surface area contributed by atoms with Crippen LogP contribution in [0.15, 0.2) is 67.4 Å². The summed E-state index contributed by atoms with van der Waals surface area (Å²) in [6.07, 6.45) is 3.77. The molecule has 0 bridgehead atoms. The summed E-state index contributed by atoms with van der Waals surface area (Å²) in [5.41, 5.74) is 4.36. The van der Waals surface area contributed by atoms with Crippen LogP contribution in [0.2, 0.25) is 0 Å². The van der Waals surface area contributed by atoms with E-state index in [9.17, 15) is 8.78 Å². The molecule has 1 aliphatic rings. The maximum atomic E-state index is 13.7. The lowest BCUT2D eigenvalue weighted by atomic mass is 10.1. The van der Waals surface area contributed by atoms with Crippen LogP contribution in [0.1, 0.15) is 28.6 Å². The van der Waals surface area contributed by atoms with Crippen LogP contribution in [-0.4, -0.2) is 57.9 Å². The molecule has 5 rings (SSSR count). The predicted molar refractivity (Wildman–Crippen MR) is 152 cm³/mol. The fourth-order valence-corrected chi connectivity index (χ4v) is 5.16. The Morgan fingerprint density at radius 1 is 1.02 bits per heavy atom. The van der Waals surface area contributed by atoms with Crippen molar-refractivity contribution < 1.29 is 13.5 Å². The van der Waals surface area contributed by atoms with Crippen LogP contribution in [0.25, 0.3) is 5.82 Å². The van der Waals surface area contributed by atoms with Gasteiger partial charge in [0.1, 0.15) is 17.4 Å². The lowest BCUT2D eigenvalue weighted by molar-refractivity contribution is 0.217. The Morgan fingerprint density at radius 2 is 1.75 bits per heavy atom. The second-order valence-corrected chi connectivity index (χ2v) is 9.78. The molecule has 0 radical (unpaired) electrons. The van der Waals surface area contributed by atoms with E-state index in [0.717, 1.165) is 34.3 Å². The SMILES string of the molecule is C=CC(c1cnn(-c2cc(C)nc(NCc3ccccc3OC)n2)c1C)N1CCN(c2cc(F)cc(F)c2)CC1. The Hall–Kier alpha value is -4.31. The monoisotopic (exact) mass is 545 g/mol. The van der Waals surface area contributed by atoms with E-state index < -0.39 is 11.6 Å². The number of ether oxygens (including phenoxy) is 1. The number of hydrogen-bond donors (Lipinski definition) is 1. The van der Waals surface area contributed by atoms with Crippen molar-refractivity contribution in [2.75, 3.05) is 43.5 Å². The van der Waals surface area contributed by atoms with Crippen LogP contribution in [0.4, 0.5) is 20.4 Å². The second kappa shape index (κ2) is 11.8. The van der Waals surface area contributed by atoms with Gasteiger partial charge in [0.05, 0.1) is 19.3 Å². The van der Waals surface area contributed by atoms with Crippen molar-refractivity contribution in [2.24, 2.45) is 0 Å². The molecule has 2 aromatic carbocycles. The number of benzene rings is 2. The number of rotatable bonds is 9. The highest BCUT2D eigenvalue weighted by molar-refractivity contribution is 5.47. The lowest BCUT2D eigenvalue weighted by Crippen LogP contribution is -2.47. The molecule has 0 amide bonds. The molecule has 10 heteroatoms. The number of nitrogens with one attached hydrogen (secondary N) is 1. The van der Waals surface area contributed by atoms with Crippen molar-refractivity contribution >= 4 is 11.6 Å². The first kappa shape index (κ1) is 27.3. The molecule has 1 unspecified atom stereocenters. The van der Waals surface area contributed by atoms with E-state index in [2.05, 4.69) is 26.9 Å². The van der Waals surface area contributed by atoms with Gasteiger partial charge in [0.15, 0.2) is 5.82 Å². The molecule has 8 nitrogen and oxygen atoms in total. The van der Waals surface area contributed by atoms with Gasteiger partial charge in [0, 0.05) is 73.1 Å². The number of anilines is 2. The maximum Gasteiger partial charge on any atom is 0.225 e. The van der Waals surface area contributed by atoms with Gasteiger partial charge in [-0.2, -0.15) is 10.1 Å². The molecule has 0 spiro atoms. The summed E-state index contributed by atoms with van der Waals surface area (Å²) in [4.78, 5) is 13.6. The highest BCUT2D eigenvalue weighted by Gasteiger charge is 2.27. The summed E-state index contributed by atoms with van der Waals surface area (Å²) < 4.78 is 34.7. The van der Waals surface area contributed by atoms with Gasteiger partial charge >= 0.3 is 0 Å². The number of aromatic nitrogens is 4. The van der Waals surface area contributed by atoms with Gasteiger partial charge < -0.3 is 15.0 Å². The van der Waals surface area contributed by atoms with E-state index in [0.29, 0.717) is 50.2 Å². The molecule has 4 aromatic rings. The molecule has 0 saturated carbocycles. The predicted octanol–water partition coefficient (Wildman–Crippen LogP) is 5.23. The minimum Gasteiger partial charge on any atom is -0.496 e. The van der Waals surface area contributed by atoms with Crippen molar-refractivity contribution in [1.29, 1.82) is 0 Å². The van der Waals surface area contributed by atoms with Crippen LogP contribution in [0.3, 0.4) is 0 Å². The quantitative estimate of drug-likeness (QED) is 0.289. The zero-order chi connectivity index (χ0) is 28.2. The summed E-state index contributed by atoms with van der Waals surface area (Å²) in [5.74, 6) is 0.835. The number of methoxy groups -OCH3 is 1. The molecule has 2 aromatic heterocycles. The maximum absolute atomic E-state index is 13.7. The third-order valence-corrected chi connectivity index (χ3v) is 7.20. The van der Waals surface area contributed by atoms with Crippen LogP contribution >= 0.6 is 0 Å². The number of para-hydroxylation sites is 1. The topological polar surface area (TPSA) is 71.3 Å². The normalized spacial score (nSPS) is 14.7. The highest BCUT2D eigenvalue weighted by Crippen LogP contribution is 2.29. The summed E-state index contributed by atoms with van der Waals surface area (Å²) in [7, 11) is 1.65. The third-order valence-electron chi connectivity index (χ3n) is 7.20. The fraction of sp³-hybridized carbons (Fsp3) is 0.300. The molecule has 1 fully saturated rings. The largest absolute Gasteiger partial charge is 0.496 e. The van der Waals surface area contributed by atoms with Crippen molar-refractivity contribution in [2.45, 2.75) is 26.4 Å². The number of nitrogens with zero attached hydrogens (tertiary/aromatic N) is 6. The molecule has 40 heavy (non-hydrogen) atoms. The molecular formula is C30H33F2N7O. The summed E-state index contributed by atoms with van der Waals surface area (Å²) >= 11 is 0. The number of halogens is 2. The van der Waals surface area contributed by atoms with Crippen LogP contribution in [0.5, 0.6) is 5.75 Å². The van der Waals surface area contributed by atoms with E-state index in [1.165, 1.54) is 12.1 Å². The van der Waals surface area contributed by atoms with E-state index in [1.54, 1.807) is 7.11 Å². The molecule has 1 N–H and O–H groups in total. The summed E-state index contributed by atoms with van der Waals surface area (Å²) in [5, 5.41) is 7.97. The van der Waals surface area contributed by atoms with Gasteiger partial charge in [0.2, 0.25) is 5.95 Å². The molecule has 3 heterocycles. The molecule has 208 valence electrons. The average molecular weight is 546 g/mol. The lowest BCUT2D eigenvalue weighted by Gasteiger charge is -2.39. The Kier molecular flexibility index (Phi) is 8.06. The highest BCUT2D eigenvalue weighted by atomic mass is 19.1. The van der Waals surface area contributed by atoms with Gasteiger partial charge in [0.25, 0.3) is 0 Å². The van der Waals surface area contributed by atoms with Gasteiger partial charge in [-0.05, 0) is 32.0 Å². The van der Waals surface area contributed by atoms with Crippen LogP contribution in [0, 0.1) is 25.5 Å². The van der Waals surface area contributed by atoms with E-state index in [-0.39, 0.29) is 6.04 Å². The zero-order valence-corrected chi connectivity index (χ0v) is 22.9. The van der Waals surface area contributed by atoms with Crippen LogP contribution < -0.4 is 15.0 Å². The van der Waals surface area contributed by atoms with Gasteiger partial charge in [-0.25, -0.2) is 18.4 Å². The van der Waals surface area contributed by atoms with Gasteiger partial charge in [-0.15, -0.1) is 6.58 Å². The first-order valence-electron chi connectivity index (χ1n) is 13.2. The Morgan fingerprint density at radius 3 is 2.45 bits per heavy atom. The molecule has 1 aliphatic heterocycles. The summed E-state index contributed by atoms with van der Waals surface area (Å²) in [6.45, 7) is 11.3. The van der Waals surface area contributed by atoms with E-state index in [4.69, 9.17) is 9.72 Å².